The summed E-state index contributed by atoms with van der Waals surface area (Å²) in [5, 5.41) is 9.97. The van der Waals surface area contributed by atoms with Crippen molar-refractivity contribution in [3.63, 3.8) is 0 Å². The van der Waals surface area contributed by atoms with Crippen LogP contribution in [0.5, 0.6) is 0 Å². The number of aromatic nitrogens is 2. The number of halogens is 1. The number of amides is 2. The molecular weight excluding hydrogens is 385 g/mol. The third kappa shape index (κ3) is 3.99. The average molecular weight is 411 g/mol. The Morgan fingerprint density at radius 3 is 2.63 bits per heavy atom. The van der Waals surface area contributed by atoms with Crippen molar-refractivity contribution in [1.29, 1.82) is 0 Å². The standard InChI is InChI=1S/C22H26FN5O2/c1-22(2)14-27(13-18(22)16-10-24-26(3)12-16)21(30)19-8-9-20(29)28(25-19)11-15-4-6-17(23)7-5-15/h4-7,10,12,18H,8-9,11,13-14H2,1-3H3. The normalized spacial score (nSPS) is 21.1. The van der Waals surface area contributed by atoms with Crippen LogP contribution in [0, 0.1) is 11.2 Å². The topological polar surface area (TPSA) is 70.8 Å². The lowest BCUT2D eigenvalue weighted by molar-refractivity contribution is -0.132. The summed E-state index contributed by atoms with van der Waals surface area (Å²) in [7, 11) is 1.89. The number of carbonyl (C=O) groups is 2. The van der Waals surface area contributed by atoms with Gasteiger partial charge in [-0.3, -0.25) is 14.3 Å². The fourth-order valence-corrected chi connectivity index (χ4v) is 4.29. The van der Waals surface area contributed by atoms with Gasteiger partial charge in [-0.25, -0.2) is 9.40 Å². The number of rotatable bonds is 4. The predicted molar refractivity (Wildman–Crippen MR) is 110 cm³/mol. The number of likely N-dealkylation sites (tertiary alicyclic amines) is 1. The zero-order chi connectivity index (χ0) is 21.5. The van der Waals surface area contributed by atoms with E-state index in [4.69, 9.17) is 0 Å². The van der Waals surface area contributed by atoms with Crippen molar-refractivity contribution in [2.75, 3.05) is 13.1 Å². The van der Waals surface area contributed by atoms with Crippen molar-refractivity contribution in [2.45, 2.75) is 39.2 Å². The molecule has 0 aliphatic carbocycles. The molecule has 1 aromatic heterocycles. The van der Waals surface area contributed by atoms with Crippen molar-refractivity contribution in [1.82, 2.24) is 19.7 Å². The highest BCUT2D eigenvalue weighted by Gasteiger charge is 2.43. The fraction of sp³-hybridized carbons (Fsp3) is 0.455. The number of hydrazone groups is 1. The van der Waals surface area contributed by atoms with Crippen LogP contribution in [0.25, 0.3) is 0 Å². The first-order valence-corrected chi connectivity index (χ1v) is 10.1. The van der Waals surface area contributed by atoms with Crippen molar-refractivity contribution in [3.8, 4) is 0 Å². The number of aryl methyl sites for hydroxylation is 1. The smallest absolute Gasteiger partial charge is 0.270 e. The van der Waals surface area contributed by atoms with E-state index in [2.05, 4.69) is 24.0 Å². The van der Waals surface area contributed by atoms with E-state index in [-0.39, 0.29) is 41.9 Å². The second kappa shape index (κ2) is 7.66. The largest absolute Gasteiger partial charge is 0.336 e. The molecule has 2 aliphatic rings. The summed E-state index contributed by atoms with van der Waals surface area (Å²) in [5.41, 5.74) is 2.20. The maximum Gasteiger partial charge on any atom is 0.270 e. The Balaban J connectivity index is 1.50. The Hall–Kier alpha value is -3.03. The van der Waals surface area contributed by atoms with E-state index in [1.807, 2.05) is 24.3 Å². The monoisotopic (exact) mass is 411 g/mol. The minimum atomic E-state index is -0.331. The molecule has 0 spiro atoms. The summed E-state index contributed by atoms with van der Waals surface area (Å²) in [6.07, 6.45) is 4.45. The average Bonchev–Trinajstić information content (AvgIpc) is 3.26. The maximum atomic E-state index is 13.2. The zero-order valence-corrected chi connectivity index (χ0v) is 17.5. The molecule has 1 unspecified atom stereocenters. The van der Waals surface area contributed by atoms with Crippen LogP contribution >= 0.6 is 0 Å². The maximum absolute atomic E-state index is 13.2. The van der Waals surface area contributed by atoms with Gasteiger partial charge in [0.2, 0.25) is 5.91 Å². The van der Waals surface area contributed by atoms with Crippen molar-refractivity contribution >= 4 is 17.5 Å². The number of nitrogens with zero attached hydrogens (tertiary/aromatic N) is 5. The van der Waals surface area contributed by atoms with Gasteiger partial charge in [-0.05, 0) is 28.7 Å². The van der Waals surface area contributed by atoms with Gasteiger partial charge in [-0.2, -0.15) is 10.2 Å². The molecule has 0 radical (unpaired) electrons. The van der Waals surface area contributed by atoms with Crippen LogP contribution in [0.1, 0.15) is 43.7 Å². The highest BCUT2D eigenvalue weighted by Crippen LogP contribution is 2.42. The fourth-order valence-electron chi connectivity index (χ4n) is 4.29. The van der Waals surface area contributed by atoms with Crippen LogP contribution in [0.2, 0.25) is 0 Å². The first kappa shape index (κ1) is 20.3. The molecule has 0 N–H and O–H groups in total. The molecule has 2 aromatic rings. The molecule has 1 aromatic carbocycles. The number of hydrogen-bond acceptors (Lipinski definition) is 4. The lowest BCUT2D eigenvalue weighted by Gasteiger charge is -2.26. The van der Waals surface area contributed by atoms with E-state index < -0.39 is 0 Å². The lowest BCUT2D eigenvalue weighted by atomic mass is 9.79. The molecule has 30 heavy (non-hydrogen) atoms. The summed E-state index contributed by atoms with van der Waals surface area (Å²) in [5.74, 6) is -0.392. The Bertz CT molecular complexity index is 995. The Labute approximate surface area is 175 Å². The van der Waals surface area contributed by atoms with E-state index in [1.54, 1.807) is 16.8 Å². The highest BCUT2D eigenvalue weighted by molar-refractivity contribution is 6.39. The van der Waals surface area contributed by atoms with Gasteiger partial charge in [0, 0.05) is 45.1 Å². The molecule has 1 saturated heterocycles. The summed E-state index contributed by atoms with van der Waals surface area (Å²) in [6, 6.07) is 5.94. The van der Waals surface area contributed by atoms with Gasteiger partial charge in [0.15, 0.2) is 0 Å². The van der Waals surface area contributed by atoms with Gasteiger partial charge in [-0.1, -0.05) is 26.0 Å². The summed E-state index contributed by atoms with van der Waals surface area (Å²) in [4.78, 5) is 27.4. The van der Waals surface area contributed by atoms with Gasteiger partial charge >= 0.3 is 0 Å². The highest BCUT2D eigenvalue weighted by atomic mass is 19.1. The lowest BCUT2D eigenvalue weighted by Crippen LogP contribution is -2.41. The molecule has 0 bridgehead atoms. The van der Waals surface area contributed by atoms with Crippen LogP contribution in [-0.2, 0) is 23.2 Å². The molecule has 0 saturated carbocycles. The van der Waals surface area contributed by atoms with E-state index >= 15 is 0 Å². The first-order chi connectivity index (χ1) is 14.2. The molecule has 1 fully saturated rings. The first-order valence-electron chi connectivity index (χ1n) is 10.1. The number of carbonyl (C=O) groups excluding carboxylic acids is 2. The quantitative estimate of drug-likeness (QED) is 0.777. The van der Waals surface area contributed by atoms with Crippen LogP contribution in [0.3, 0.4) is 0 Å². The van der Waals surface area contributed by atoms with E-state index in [1.165, 1.54) is 17.1 Å². The van der Waals surface area contributed by atoms with Crippen LogP contribution < -0.4 is 0 Å². The van der Waals surface area contributed by atoms with Gasteiger partial charge in [0.25, 0.3) is 5.91 Å². The van der Waals surface area contributed by atoms with Crippen molar-refractivity contribution in [3.05, 3.63) is 53.6 Å². The van der Waals surface area contributed by atoms with Crippen molar-refractivity contribution in [2.24, 2.45) is 17.6 Å². The molecule has 3 heterocycles. The second-order valence-electron chi connectivity index (χ2n) is 8.80. The van der Waals surface area contributed by atoms with Crippen LogP contribution in [-0.4, -0.2) is 50.3 Å². The van der Waals surface area contributed by atoms with Gasteiger partial charge < -0.3 is 4.90 Å². The van der Waals surface area contributed by atoms with Gasteiger partial charge in [0.1, 0.15) is 11.5 Å². The molecule has 8 heteroatoms. The molecular formula is C22H26FN5O2. The third-order valence-electron chi connectivity index (χ3n) is 5.96. The Kier molecular flexibility index (Phi) is 5.17. The van der Waals surface area contributed by atoms with Gasteiger partial charge in [-0.15, -0.1) is 0 Å². The zero-order valence-electron chi connectivity index (χ0n) is 17.5. The molecule has 158 valence electrons. The molecule has 7 nitrogen and oxygen atoms in total. The van der Waals surface area contributed by atoms with E-state index in [0.29, 0.717) is 25.2 Å². The SMILES string of the molecule is Cn1cc(C2CN(C(=O)C3=NN(Cc4ccc(F)cc4)C(=O)CC3)CC2(C)C)cn1. The second-order valence-corrected chi connectivity index (χ2v) is 8.80. The number of benzene rings is 1. The minimum absolute atomic E-state index is 0.0858. The van der Waals surface area contributed by atoms with E-state index in [0.717, 1.165) is 11.1 Å². The van der Waals surface area contributed by atoms with Crippen LogP contribution in [0.4, 0.5) is 4.39 Å². The van der Waals surface area contributed by atoms with E-state index in [9.17, 15) is 14.0 Å². The Morgan fingerprint density at radius 1 is 1.23 bits per heavy atom. The molecule has 4 rings (SSSR count). The predicted octanol–water partition coefficient (Wildman–Crippen LogP) is 2.69. The minimum Gasteiger partial charge on any atom is -0.336 e. The van der Waals surface area contributed by atoms with Crippen LogP contribution in [0.15, 0.2) is 41.8 Å². The molecule has 2 amide bonds. The Morgan fingerprint density at radius 2 is 1.97 bits per heavy atom. The molecule has 2 aliphatic heterocycles. The summed E-state index contributed by atoms with van der Waals surface area (Å²) in [6.45, 7) is 5.76. The van der Waals surface area contributed by atoms with Gasteiger partial charge in [0.05, 0.1) is 12.7 Å². The number of hydrogen-bond donors (Lipinski definition) is 0. The molecule has 1 atom stereocenters. The summed E-state index contributed by atoms with van der Waals surface area (Å²) < 4.78 is 14.9. The van der Waals surface area contributed by atoms with Crippen molar-refractivity contribution < 1.29 is 14.0 Å². The third-order valence-corrected chi connectivity index (χ3v) is 5.96. The summed E-state index contributed by atoms with van der Waals surface area (Å²) >= 11 is 0.